The van der Waals surface area contributed by atoms with Crippen LogP contribution in [0.4, 0.5) is 0 Å². The molecule has 0 aliphatic carbocycles. The molecule has 0 radical (unpaired) electrons. The topological polar surface area (TPSA) is 0 Å². The predicted octanol–water partition coefficient (Wildman–Crippen LogP) is 5.67. The Morgan fingerprint density at radius 1 is 0.545 bits per heavy atom. The summed E-state index contributed by atoms with van der Waals surface area (Å²) < 4.78 is 0. The Balaban J connectivity index is 0.000000235. The van der Waals surface area contributed by atoms with Crippen molar-refractivity contribution in [3.8, 4) is 0 Å². The van der Waals surface area contributed by atoms with Crippen LogP contribution in [-0.4, -0.2) is 10.3 Å². The molecule has 0 aliphatic rings. The molecular formula is C30H28FeP2-10. The molecule has 0 saturated carbocycles. The summed E-state index contributed by atoms with van der Waals surface area (Å²) in [5, 5.41) is 5.42. The maximum atomic E-state index is 3.14. The van der Waals surface area contributed by atoms with E-state index >= 15 is 0 Å². The molecule has 0 fully saturated rings. The third-order valence-electron chi connectivity index (χ3n) is 4.67. The molecule has 0 heterocycles. The molecule has 0 spiro atoms. The van der Waals surface area contributed by atoms with E-state index in [1.807, 2.05) is 12.1 Å². The fraction of sp³-hybridized carbons (Fsp3) is 0.267. The summed E-state index contributed by atoms with van der Waals surface area (Å²) in [5.41, 5.74) is 0. The average Bonchev–Trinajstić information content (AvgIpc) is 3.43. The second kappa shape index (κ2) is 12.3. The van der Waals surface area contributed by atoms with Gasteiger partial charge < -0.3 is 59.1 Å². The fourth-order valence-corrected chi connectivity index (χ4v) is 9.67. The van der Waals surface area contributed by atoms with Gasteiger partial charge in [0.1, 0.15) is 0 Å². The average molecular weight is 506 g/mol. The van der Waals surface area contributed by atoms with Gasteiger partial charge in [-0.1, -0.05) is 113 Å². The molecule has 0 aliphatic heterocycles. The number of hydrogen-bond acceptors (Lipinski definition) is 0. The van der Waals surface area contributed by atoms with Crippen LogP contribution in [0.3, 0.4) is 0 Å². The Morgan fingerprint density at radius 2 is 0.879 bits per heavy atom. The van der Waals surface area contributed by atoms with Gasteiger partial charge in [-0.15, -0.1) is 0 Å². The van der Waals surface area contributed by atoms with E-state index in [4.69, 9.17) is 0 Å². The van der Waals surface area contributed by atoms with Crippen LogP contribution in [0.15, 0.2) is 60.7 Å². The Kier molecular flexibility index (Phi) is 10.3. The molecule has 4 aromatic carbocycles. The smallest absolute Gasteiger partial charge is 0 e. The summed E-state index contributed by atoms with van der Waals surface area (Å²) >= 11 is 0. The first-order valence-electron chi connectivity index (χ1n) is 10.7. The zero-order chi connectivity index (χ0) is 23.2. The summed E-state index contributed by atoms with van der Waals surface area (Å²) in [6.07, 6.45) is 0. The van der Waals surface area contributed by atoms with Crippen LogP contribution < -0.4 is 21.2 Å². The third kappa shape index (κ3) is 7.77. The zero-order valence-electron chi connectivity index (χ0n) is 20.0. The van der Waals surface area contributed by atoms with E-state index in [-0.39, 0.29) is 35.3 Å². The molecule has 0 amide bonds. The van der Waals surface area contributed by atoms with Crippen molar-refractivity contribution in [3.05, 3.63) is 109 Å². The molecule has 0 saturated heterocycles. The van der Waals surface area contributed by atoms with Crippen molar-refractivity contribution in [1.29, 1.82) is 0 Å². The van der Waals surface area contributed by atoms with Crippen molar-refractivity contribution < 1.29 is 17.1 Å². The zero-order valence-corrected chi connectivity index (χ0v) is 22.9. The number of benzene rings is 2. The molecule has 0 aromatic heterocycles. The quantitative estimate of drug-likeness (QED) is 0.190. The minimum atomic E-state index is -0.583. The van der Waals surface area contributed by atoms with Gasteiger partial charge >= 0.3 is 0 Å². The van der Waals surface area contributed by atoms with E-state index in [1.54, 1.807) is 0 Å². The molecule has 176 valence electrons. The van der Waals surface area contributed by atoms with Gasteiger partial charge in [0.15, 0.2) is 0 Å². The van der Waals surface area contributed by atoms with Gasteiger partial charge in [0.2, 0.25) is 0 Å². The fourth-order valence-electron chi connectivity index (χ4n) is 3.89. The van der Waals surface area contributed by atoms with Crippen molar-refractivity contribution in [2.45, 2.75) is 51.9 Å². The largest absolute Gasteiger partial charge is 0.998 e. The van der Waals surface area contributed by atoms with Crippen molar-refractivity contribution in [1.82, 2.24) is 0 Å². The van der Waals surface area contributed by atoms with E-state index in [9.17, 15) is 0 Å². The van der Waals surface area contributed by atoms with Crippen LogP contribution >= 0.6 is 15.8 Å². The van der Waals surface area contributed by atoms with Crippen LogP contribution in [-0.2, 0) is 17.1 Å². The molecule has 4 aromatic rings. The summed E-state index contributed by atoms with van der Waals surface area (Å²) in [4.78, 5) is 0. The first-order chi connectivity index (χ1) is 15.2. The minimum absolute atomic E-state index is 0. The van der Waals surface area contributed by atoms with E-state index in [1.165, 1.54) is 15.9 Å². The van der Waals surface area contributed by atoms with Crippen molar-refractivity contribution in [2.75, 3.05) is 0 Å². The molecule has 0 unspecified atom stereocenters. The van der Waals surface area contributed by atoms with Crippen LogP contribution in [0.2, 0.25) is 0 Å². The molecule has 33 heavy (non-hydrogen) atoms. The van der Waals surface area contributed by atoms with Gasteiger partial charge in [-0.25, -0.2) is 7.92 Å². The van der Waals surface area contributed by atoms with Gasteiger partial charge in [-0.3, -0.25) is 7.92 Å². The predicted molar refractivity (Wildman–Crippen MR) is 140 cm³/mol. The van der Waals surface area contributed by atoms with E-state index in [0.29, 0.717) is 0 Å². The Morgan fingerprint density at radius 3 is 1.21 bits per heavy atom. The minimum Gasteiger partial charge on any atom is -0.998 e. The van der Waals surface area contributed by atoms with Crippen LogP contribution in [0, 0.1) is 48.5 Å². The van der Waals surface area contributed by atoms with Crippen LogP contribution in [0.1, 0.15) is 41.5 Å². The monoisotopic (exact) mass is 506 g/mol. The third-order valence-corrected chi connectivity index (χ3v) is 10.3. The van der Waals surface area contributed by atoms with Crippen molar-refractivity contribution in [2.24, 2.45) is 0 Å². The standard InChI is InChI=1S/C17H10P.C13H18P.Fe/c1-3-9-15(10-4-1)18(17-13-7-8-14-17)16-11-5-2-6-12-16;1-12(2,3)14(13(4,5)6)11-9-7-8-10-11;/h1-6,9-12H;1-6H3;/q2*-5;. The van der Waals surface area contributed by atoms with Crippen LogP contribution in [0.5, 0.6) is 0 Å². The molecule has 4 rings (SSSR count). The molecule has 3 heteroatoms. The second-order valence-electron chi connectivity index (χ2n) is 9.38. The molecule has 0 atom stereocenters. The maximum Gasteiger partial charge on any atom is 0 e. The van der Waals surface area contributed by atoms with E-state index < -0.39 is 7.92 Å². The first kappa shape index (κ1) is 27.8. The number of hydrogen-bond donors (Lipinski definition) is 0. The normalized spacial score (nSPS) is 11.6. The SMILES string of the molecule is CC(C)(C)P([c-]1[c-][c-][c-][c-]1)C(C)(C)C.[Fe].[c-]1[c-][c-][c-](P(c2ccccc2)c2ccccc2)[c-]1. The Bertz CT molecular complexity index is 969. The number of rotatable bonds is 4. The maximum absolute atomic E-state index is 3.14. The second-order valence-corrected chi connectivity index (χ2v) is 15.3. The first-order valence-corrected chi connectivity index (χ1v) is 13.3. The van der Waals surface area contributed by atoms with Gasteiger partial charge in [-0.05, 0) is 10.3 Å². The van der Waals surface area contributed by atoms with Gasteiger partial charge in [-0.2, -0.15) is 0 Å². The van der Waals surface area contributed by atoms with Gasteiger partial charge in [0.25, 0.3) is 0 Å². The van der Waals surface area contributed by atoms with Gasteiger partial charge in [0, 0.05) is 17.1 Å². The van der Waals surface area contributed by atoms with Crippen molar-refractivity contribution >= 4 is 37.1 Å². The summed E-state index contributed by atoms with van der Waals surface area (Å²) in [7, 11) is -0.857. The summed E-state index contributed by atoms with van der Waals surface area (Å²) in [6.45, 7) is 13.7. The molecule has 0 bridgehead atoms. The van der Waals surface area contributed by atoms with Gasteiger partial charge in [0.05, 0.1) is 0 Å². The summed E-state index contributed by atoms with van der Waals surface area (Å²) in [5.74, 6) is 0. The van der Waals surface area contributed by atoms with Crippen molar-refractivity contribution in [3.63, 3.8) is 0 Å². The summed E-state index contributed by atoms with van der Waals surface area (Å²) in [6, 6.07) is 45.0. The Hall–Kier alpha value is -1.48. The van der Waals surface area contributed by atoms with E-state index in [2.05, 4.69) is 139 Å². The Labute approximate surface area is 214 Å². The molecular weight excluding hydrogens is 478 g/mol. The van der Waals surface area contributed by atoms with Crippen LogP contribution in [0.25, 0.3) is 0 Å². The molecule has 0 N–H and O–H groups in total. The van der Waals surface area contributed by atoms with E-state index in [0.717, 1.165) is 5.30 Å². The molecule has 0 nitrogen and oxygen atoms in total.